The van der Waals surface area contributed by atoms with E-state index in [0.29, 0.717) is 19.4 Å². The fourth-order valence-electron chi connectivity index (χ4n) is 5.06. The van der Waals surface area contributed by atoms with Crippen LogP contribution in [0.25, 0.3) is 0 Å². The molecule has 3 aliphatic heterocycles. The van der Waals surface area contributed by atoms with E-state index in [4.69, 9.17) is 9.47 Å². The minimum atomic E-state index is -0.708. The second-order valence-electron chi connectivity index (χ2n) is 9.14. The number of nitrogens with zero attached hydrogens (tertiary/aromatic N) is 4. The third-order valence-electron chi connectivity index (χ3n) is 6.84. The Morgan fingerprint density at radius 2 is 1.68 bits per heavy atom. The van der Waals surface area contributed by atoms with Crippen molar-refractivity contribution in [1.29, 1.82) is 0 Å². The zero-order valence-electron chi connectivity index (χ0n) is 19.6. The number of imide groups is 1. The SMILES string of the molecule is CN(C)C(=O)N1CN(c2ccccc2)C2(CCN(CC3COc4ccccc4O3)CC2)C1=O.Cl. The maximum atomic E-state index is 13.6. The molecule has 0 radical (unpaired) electrons. The third kappa shape index (κ3) is 4.28. The molecule has 2 saturated heterocycles. The van der Waals surface area contributed by atoms with Gasteiger partial charge in [-0.3, -0.25) is 9.69 Å². The van der Waals surface area contributed by atoms with Gasteiger partial charge in [0.25, 0.3) is 5.91 Å². The van der Waals surface area contributed by atoms with Gasteiger partial charge in [0.1, 0.15) is 24.9 Å². The number of piperidine rings is 1. The Bertz CT molecular complexity index is 1030. The molecule has 2 fully saturated rings. The first kappa shape index (κ1) is 24.2. The summed E-state index contributed by atoms with van der Waals surface area (Å²) in [5.41, 5.74) is 0.258. The number of amides is 3. The van der Waals surface area contributed by atoms with Crippen LogP contribution in [0, 0.1) is 0 Å². The number of carbonyl (C=O) groups excluding carboxylic acids is 2. The van der Waals surface area contributed by atoms with E-state index in [-0.39, 0.29) is 37.1 Å². The van der Waals surface area contributed by atoms with Gasteiger partial charge in [-0.05, 0) is 37.1 Å². The van der Waals surface area contributed by atoms with Gasteiger partial charge in [-0.15, -0.1) is 12.4 Å². The molecule has 1 atom stereocenters. The summed E-state index contributed by atoms with van der Waals surface area (Å²) < 4.78 is 12.0. The molecule has 0 bridgehead atoms. The molecule has 3 amide bonds. The summed E-state index contributed by atoms with van der Waals surface area (Å²) in [6.45, 7) is 3.03. The van der Waals surface area contributed by atoms with Crippen molar-refractivity contribution >= 4 is 30.0 Å². The highest BCUT2D eigenvalue weighted by molar-refractivity contribution is 6.04. The number of likely N-dealkylation sites (tertiary alicyclic amines) is 1. The van der Waals surface area contributed by atoms with E-state index < -0.39 is 5.54 Å². The number of fused-ring (bicyclic) bond motifs is 1. The summed E-state index contributed by atoms with van der Waals surface area (Å²) in [5, 5.41) is 0. The Balaban J connectivity index is 0.00000274. The molecule has 2 aromatic rings. The summed E-state index contributed by atoms with van der Waals surface area (Å²) in [5.74, 6) is 1.46. The molecule has 2 aromatic carbocycles. The second-order valence-corrected chi connectivity index (χ2v) is 9.14. The fourth-order valence-corrected chi connectivity index (χ4v) is 5.06. The van der Waals surface area contributed by atoms with Crippen LogP contribution in [0.15, 0.2) is 54.6 Å². The number of hydrogen-bond acceptors (Lipinski definition) is 6. The predicted octanol–water partition coefficient (Wildman–Crippen LogP) is 3.07. The van der Waals surface area contributed by atoms with Crippen LogP contribution in [0.4, 0.5) is 10.5 Å². The summed E-state index contributed by atoms with van der Waals surface area (Å²) in [7, 11) is 3.36. The zero-order chi connectivity index (χ0) is 23.0. The number of carbonyl (C=O) groups is 2. The van der Waals surface area contributed by atoms with Gasteiger partial charge in [-0.25, -0.2) is 9.69 Å². The molecule has 0 aromatic heterocycles. The van der Waals surface area contributed by atoms with Gasteiger partial charge >= 0.3 is 6.03 Å². The van der Waals surface area contributed by atoms with Gasteiger partial charge in [0.2, 0.25) is 0 Å². The molecule has 8 nitrogen and oxygen atoms in total. The van der Waals surface area contributed by atoms with Crippen LogP contribution >= 0.6 is 12.4 Å². The van der Waals surface area contributed by atoms with Crippen LogP contribution in [0.5, 0.6) is 11.5 Å². The molecule has 1 unspecified atom stereocenters. The first-order chi connectivity index (χ1) is 16.0. The lowest BCUT2D eigenvalue weighted by Gasteiger charge is -2.44. The zero-order valence-corrected chi connectivity index (χ0v) is 20.4. The molecule has 0 saturated carbocycles. The number of benzene rings is 2. The van der Waals surface area contributed by atoms with Crippen LogP contribution in [0.1, 0.15) is 12.8 Å². The lowest BCUT2D eigenvalue weighted by atomic mass is 9.85. The average Bonchev–Trinajstić information content (AvgIpc) is 3.12. The van der Waals surface area contributed by atoms with E-state index >= 15 is 0 Å². The monoisotopic (exact) mass is 486 g/mol. The Morgan fingerprint density at radius 1 is 1.03 bits per heavy atom. The third-order valence-corrected chi connectivity index (χ3v) is 6.84. The van der Waals surface area contributed by atoms with Gasteiger partial charge in [-0.1, -0.05) is 30.3 Å². The standard InChI is InChI=1S/C25H30N4O4.ClH/c1-26(2)24(31)28-18-29(19-8-4-3-5-9-19)25(23(28)30)12-14-27(15-13-25)16-20-17-32-21-10-6-7-11-22(21)33-20;/h3-11,20H,12-18H2,1-2H3;1H. The normalized spacial score (nSPS) is 21.4. The molecule has 0 N–H and O–H groups in total. The molecule has 9 heteroatoms. The maximum absolute atomic E-state index is 13.6. The fraction of sp³-hybridized carbons (Fsp3) is 0.440. The number of anilines is 1. The number of rotatable bonds is 3. The lowest BCUT2D eigenvalue weighted by Crippen LogP contribution is -2.58. The highest BCUT2D eigenvalue weighted by Crippen LogP contribution is 2.40. The van der Waals surface area contributed by atoms with Crippen LogP contribution in [-0.4, -0.2) is 85.3 Å². The average molecular weight is 487 g/mol. The Labute approximate surface area is 206 Å². The van der Waals surface area contributed by atoms with Gasteiger partial charge in [0.15, 0.2) is 11.5 Å². The first-order valence-electron chi connectivity index (χ1n) is 11.4. The predicted molar refractivity (Wildman–Crippen MR) is 132 cm³/mol. The number of hydrogen-bond donors (Lipinski definition) is 0. The van der Waals surface area contributed by atoms with E-state index in [0.717, 1.165) is 36.8 Å². The van der Waals surface area contributed by atoms with Crippen molar-refractivity contribution < 1.29 is 19.1 Å². The molecule has 1 spiro atoms. The quantitative estimate of drug-likeness (QED) is 0.664. The number of para-hydroxylation sites is 3. The Kier molecular flexibility index (Phi) is 6.91. The second kappa shape index (κ2) is 9.72. The molecular weight excluding hydrogens is 456 g/mol. The highest BCUT2D eigenvalue weighted by Gasteiger charge is 2.55. The van der Waals surface area contributed by atoms with Gasteiger partial charge in [0.05, 0.1) is 0 Å². The van der Waals surface area contributed by atoms with Crippen molar-refractivity contribution in [3.8, 4) is 11.5 Å². The number of ether oxygens (including phenoxy) is 2. The molecule has 3 heterocycles. The maximum Gasteiger partial charge on any atom is 0.327 e. The molecule has 34 heavy (non-hydrogen) atoms. The summed E-state index contributed by atoms with van der Waals surface area (Å²) in [4.78, 5) is 33.7. The highest BCUT2D eigenvalue weighted by atomic mass is 35.5. The van der Waals surface area contributed by atoms with E-state index in [1.165, 1.54) is 9.80 Å². The van der Waals surface area contributed by atoms with E-state index in [2.05, 4.69) is 9.80 Å². The van der Waals surface area contributed by atoms with Crippen molar-refractivity contribution in [1.82, 2.24) is 14.7 Å². The summed E-state index contributed by atoms with van der Waals surface area (Å²) in [6.07, 6.45) is 1.26. The first-order valence-corrected chi connectivity index (χ1v) is 11.4. The number of urea groups is 1. The smallest absolute Gasteiger partial charge is 0.327 e. The molecule has 5 rings (SSSR count). The number of halogens is 1. The lowest BCUT2D eigenvalue weighted by molar-refractivity contribution is -0.131. The van der Waals surface area contributed by atoms with E-state index in [1.807, 2.05) is 54.6 Å². The van der Waals surface area contributed by atoms with Crippen LogP contribution < -0.4 is 14.4 Å². The van der Waals surface area contributed by atoms with Crippen LogP contribution in [0.2, 0.25) is 0 Å². The van der Waals surface area contributed by atoms with E-state index in [1.54, 1.807) is 14.1 Å². The Hall–Kier alpha value is -2.97. The molecule has 3 aliphatic rings. The van der Waals surface area contributed by atoms with Crippen LogP contribution in [-0.2, 0) is 4.79 Å². The van der Waals surface area contributed by atoms with Gasteiger partial charge < -0.3 is 19.3 Å². The topological polar surface area (TPSA) is 65.6 Å². The van der Waals surface area contributed by atoms with Crippen molar-refractivity contribution in [2.24, 2.45) is 0 Å². The Morgan fingerprint density at radius 3 is 2.35 bits per heavy atom. The molecular formula is C25H31ClN4O4. The molecule has 182 valence electrons. The molecule has 0 aliphatic carbocycles. The summed E-state index contributed by atoms with van der Waals surface area (Å²) in [6, 6.07) is 17.4. The minimum Gasteiger partial charge on any atom is -0.486 e. The minimum absolute atomic E-state index is 0. The van der Waals surface area contributed by atoms with Crippen LogP contribution in [0.3, 0.4) is 0 Å². The summed E-state index contributed by atoms with van der Waals surface area (Å²) >= 11 is 0. The van der Waals surface area contributed by atoms with Crippen molar-refractivity contribution in [2.45, 2.75) is 24.5 Å². The van der Waals surface area contributed by atoms with Gasteiger partial charge in [-0.2, -0.15) is 0 Å². The van der Waals surface area contributed by atoms with Crippen molar-refractivity contribution in [3.63, 3.8) is 0 Å². The van der Waals surface area contributed by atoms with Gasteiger partial charge in [0, 0.05) is 39.4 Å². The van der Waals surface area contributed by atoms with E-state index in [9.17, 15) is 9.59 Å². The van der Waals surface area contributed by atoms with Crippen molar-refractivity contribution in [3.05, 3.63) is 54.6 Å². The van der Waals surface area contributed by atoms with Crippen molar-refractivity contribution in [2.75, 3.05) is 51.9 Å². The largest absolute Gasteiger partial charge is 0.486 e.